The molecule has 1 aromatic heterocycles. The van der Waals surface area contributed by atoms with Crippen molar-refractivity contribution in [2.24, 2.45) is 11.5 Å². The van der Waals surface area contributed by atoms with Crippen LogP contribution in [0.15, 0.2) is 65.2 Å². The lowest BCUT2D eigenvalue weighted by Gasteiger charge is -2.29. The molecule has 0 saturated carbocycles. The van der Waals surface area contributed by atoms with Crippen molar-refractivity contribution in [3.63, 3.8) is 0 Å². The number of rotatable bonds is 12. The van der Waals surface area contributed by atoms with Gasteiger partial charge in [0.2, 0.25) is 5.91 Å². The van der Waals surface area contributed by atoms with Crippen molar-refractivity contribution >= 4 is 11.6 Å². The second-order valence-electron chi connectivity index (χ2n) is 7.58. The average molecular weight is 438 g/mol. The van der Waals surface area contributed by atoms with Gasteiger partial charge in [0.15, 0.2) is 5.76 Å². The Morgan fingerprint density at radius 1 is 1.09 bits per heavy atom. The lowest BCUT2D eigenvalue weighted by atomic mass is 10.0. The van der Waals surface area contributed by atoms with Crippen molar-refractivity contribution in [2.45, 2.75) is 38.4 Å². The van der Waals surface area contributed by atoms with Gasteiger partial charge >= 0.3 is 0 Å². The Bertz CT molecular complexity index is 1020. The van der Waals surface area contributed by atoms with Gasteiger partial charge in [0.1, 0.15) is 0 Å². The highest BCUT2D eigenvalue weighted by molar-refractivity contribution is 5.79. The van der Waals surface area contributed by atoms with Crippen LogP contribution in [0.2, 0.25) is 0 Å². The molecule has 1 amide bonds. The average Bonchev–Trinajstić information content (AvgIpc) is 3.26. The summed E-state index contributed by atoms with van der Waals surface area (Å²) in [5.41, 5.74) is 13.8. The number of primary amides is 1. The first kappa shape index (κ1) is 23.1. The van der Waals surface area contributed by atoms with Crippen molar-refractivity contribution in [2.75, 3.05) is 6.54 Å². The fourth-order valence-corrected chi connectivity index (χ4v) is 3.55. The predicted octanol–water partition coefficient (Wildman–Crippen LogP) is 3.23. The number of non-ortho nitro benzene ring substituents is 1. The molecule has 9 heteroatoms. The zero-order valence-electron chi connectivity index (χ0n) is 17.7. The Morgan fingerprint density at radius 2 is 1.81 bits per heavy atom. The lowest BCUT2D eigenvalue weighted by Crippen LogP contribution is -2.44. The molecule has 0 spiro atoms. The SMILES string of the molecule is NCCCCC(C(N)=O)N(Cc1ccc([N+](=O)[O-])cc1)Cc1cc(-c2ccccc2)on1. The summed E-state index contributed by atoms with van der Waals surface area (Å²) in [6.07, 6.45) is 2.11. The molecule has 3 rings (SSSR count). The number of hydrogen-bond donors (Lipinski definition) is 2. The minimum Gasteiger partial charge on any atom is -0.368 e. The highest BCUT2D eigenvalue weighted by Gasteiger charge is 2.25. The van der Waals surface area contributed by atoms with Gasteiger partial charge < -0.3 is 16.0 Å². The van der Waals surface area contributed by atoms with Gasteiger partial charge in [-0.1, -0.05) is 54.0 Å². The first-order chi connectivity index (χ1) is 15.5. The number of nitrogens with zero attached hydrogens (tertiary/aromatic N) is 3. The number of nitro benzene ring substituents is 1. The summed E-state index contributed by atoms with van der Waals surface area (Å²) < 4.78 is 5.50. The molecule has 0 aliphatic carbocycles. The summed E-state index contributed by atoms with van der Waals surface area (Å²) in [5, 5.41) is 15.1. The van der Waals surface area contributed by atoms with Crippen molar-refractivity contribution in [1.29, 1.82) is 0 Å². The predicted molar refractivity (Wildman–Crippen MR) is 120 cm³/mol. The molecule has 4 N–H and O–H groups in total. The molecule has 9 nitrogen and oxygen atoms in total. The van der Waals surface area contributed by atoms with Crippen molar-refractivity contribution < 1.29 is 14.2 Å². The van der Waals surface area contributed by atoms with Gasteiger partial charge in [-0.15, -0.1) is 0 Å². The fourth-order valence-electron chi connectivity index (χ4n) is 3.55. The molecule has 0 bridgehead atoms. The molecule has 32 heavy (non-hydrogen) atoms. The number of carbonyl (C=O) groups is 1. The highest BCUT2D eigenvalue weighted by Crippen LogP contribution is 2.23. The Balaban J connectivity index is 1.83. The zero-order chi connectivity index (χ0) is 22.9. The number of unbranched alkanes of at least 4 members (excludes halogenated alkanes) is 1. The third kappa shape index (κ3) is 6.22. The monoisotopic (exact) mass is 437 g/mol. The number of aromatic nitrogens is 1. The molecule has 0 radical (unpaired) electrons. The van der Waals surface area contributed by atoms with Gasteiger partial charge in [-0.05, 0) is 24.9 Å². The van der Waals surface area contributed by atoms with Crippen LogP contribution < -0.4 is 11.5 Å². The number of carbonyl (C=O) groups excluding carboxylic acids is 1. The standard InChI is InChI=1S/C23H27N5O4/c24-13-5-4-8-21(23(25)29)27(15-17-9-11-20(12-10-17)28(30)31)16-19-14-22(32-26-19)18-6-2-1-3-7-18/h1-3,6-7,9-12,14,21H,4-5,8,13,15-16,24H2,(H2,25,29). The third-order valence-electron chi connectivity index (χ3n) is 5.22. The Hall–Kier alpha value is -3.56. The first-order valence-electron chi connectivity index (χ1n) is 10.5. The molecule has 168 valence electrons. The van der Waals surface area contributed by atoms with E-state index in [9.17, 15) is 14.9 Å². The first-order valence-corrected chi connectivity index (χ1v) is 10.5. The minimum absolute atomic E-state index is 0.0127. The van der Waals surface area contributed by atoms with E-state index in [-0.39, 0.29) is 5.69 Å². The van der Waals surface area contributed by atoms with Crippen molar-refractivity contribution in [1.82, 2.24) is 10.1 Å². The van der Waals surface area contributed by atoms with Gasteiger partial charge in [0, 0.05) is 36.9 Å². The lowest BCUT2D eigenvalue weighted by molar-refractivity contribution is -0.384. The van der Waals surface area contributed by atoms with E-state index in [0.29, 0.717) is 37.5 Å². The van der Waals surface area contributed by atoms with Gasteiger partial charge in [-0.2, -0.15) is 0 Å². The fraction of sp³-hybridized carbons (Fsp3) is 0.304. The van der Waals surface area contributed by atoms with Gasteiger partial charge in [-0.3, -0.25) is 19.8 Å². The van der Waals surface area contributed by atoms with Crippen LogP contribution in [-0.2, 0) is 17.9 Å². The van der Waals surface area contributed by atoms with Crippen LogP contribution in [-0.4, -0.2) is 33.5 Å². The highest BCUT2D eigenvalue weighted by atomic mass is 16.6. The third-order valence-corrected chi connectivity index (χ3v) is 5.22. The van der Waals surface area contributed by atoms with Crippen LogP contribution in [0, 0.1) is 10.1 Å². The van der Waals surface area contributed by atoms with Crippen LogP contribution in [0.25, 0.3) is 11.3 Å². The van der Waals surface area contributed by atoms with E-state index in [0.717, 1.165) is 24.0 Å². The molecule has 1 atom stereocenters. The van der Waals surface area contributed by atoms with Crippen molar-refractivity contribution in [3.8, 4) is 11.3 Å². The summed E-state index contributed by atoms with van der Waals surface area (Å²) in [6.45, 7) is 1.25. The molecular formula is C23H27N5O4. The minimum atomic E-state index is -0.534. The second-order valence-corrected chi connectivity index (χ2v) is 7.58. The van der Waals surface area contributed by atoms with E-state index in [1.165, 1.54) is 12.1 Å². The van der Waals surface area contributed by atoms with E-state index in [4.69, 9.17) is 16.0 Å². The van der Waals surface area contributed by atoms with E-state index >= 15 is 0 Å². The molecule has 0 aliphatic heterocycles. The van der Waals surface area contributed by atoms with Crippen molar-refractivity contribution in [3.05, 3.63) is 82.0 Å². The Morgan fingerprint density at radius 3 is 2.44 bits per heavy atom. The number of hydrogen-bond acceptors (Lipinski definition) is 7. The van der Waals surface area contributed by atoms with Crippen LogP contribution in [0.5, 0.6) is 0 Å². The molecule has 2 aromatic carbocycles. The van der Waals surface area contributed by atoms with E-state index in [1.807, 2.05) is 41.3 Å². The van der Waals surface area contributed by atoms with E-state index in [1.54, 1.807) is 12.1 Å². The van der Waals surface area contributed by atoms with Crippen LogP contribution in [0.3, 0.4) is 0 Å². The molecule has 0 saturated heterocycles. The summed E-state index contributed by atoms with van der Waals surface area (Å²) in [6, 6.07) is 17.2. The van der Waals surface area contributed by atoms with E-state index < -0.39 is 16.9 Å². The van der Waals surface area contributed by atoms with Crippen LogP contribution in [0.4, 0.5) is 5.69 Å². The molecule has 1 heterocycles. The number of nitrogens with two attached hydrogens (primary N) is 2. The smallest absolute Gasteiger partial charge is 0.269 e. The Kier molecular flexibility index (Phi) is 8.07. The summed E-state index contributed by atoms with van der Waals surface area (Å²) >= 11 is 0. The second kappa shape index (κ2) is 11.2. The maximum Gasteiger partial charge on any atom is 0.269 e. The molecule has 1 unspecified atom stereocenters. The molecular weight excluding hydrogens is 410 g/mol. The maximum atomic E-state index is 12.3. The topological polar surface area (TPSA) is 142 Å². The quantitative estimate of drug-likeness (QED) is 0.252. The largest absolute Gasteiger partial charge is 0.368 e. The number of amides is 1. The maximum absolute atomic E-state index is 12.3. The van der Waals surface area contributed by atoms with Gasteiger partial charge in [0.05, 0.1) is 16.7 Å². The van der Waals surface area contributed by atoms with Gasteiger partial charge in [0.25, 0.3) is 5.69 Å². The summed E-state index contributed by atoms with van der Waals surface area (Å²) in [5.74, 6) is 0.199. The molecule has 0 fully saturated rings. The van der Waals surface area contributed by atoms with E-state index in [2.05, 4.69) is 5.16 Å². The zero-order valence-corrected chi connectivity index (χ0v) is 17.7. The number of benzene rings is 2. The molecule has 3 aromatic rings. The Labute approximate surface area is 186 Å². The van der Waals surface area contributed by atoms with Gasteiger partial charge in [-0.25, -0.2) is 0 Å². The molecule has 0 aliphatic rings. The van der Waals surface area contributed by atoms with Crippen LogP contribution >= 0.6 is 0 Å². The summed E-state index contributed by atoms with van der Waals surface area (Å²) in [7, 11) is 0. The normalized spacial score (nSPS) is 12.1. The summed E-state index contributed by atoms with van der Waals surface area (Å²) in [4.78, 5) is 24.7. The number of nitro groups is 1. The van der Waals surface area contributed by atoms with Crippen LogP contribution in [0.1, 0.15) is 30.5 Å².